The minimum absolute atomic E-state index is 0.129. The second-order valence-electron chi connectivity index (χ2n) is 5.35. The van der Waals surface area contributed by atoms with Gasteiger partial charge in [-0.2, -0.15) is 0 Å². The predicted molar refractivity (Wildman–Crippen MR) is 70.0 cm³/mol. The number of carbonyl (C=O) groups is 1. The van der Waals surface area contributed by atoms with E-state index in [9.17, 15) is 4.79 Å². The van der Waals surface area contributed by atoms with E-state index < -0.39 is 5.60 Å². The molecule has 2 rings (SSSR count). The van der Waals surface area contributed by atoms with Crippen LogP contribution in [0, 0.1) is 6.92 Å². The lowest BCUT2D eigenvalue weighted by Gasteiger charge is -2.39. The third-order valence-corrected chi connectivity index (χ3v) is 3.29. The van der Waals surface area contributed by atoms with Gasteiger partial charge in [0, 0.05) is 13.1 Å². The number of hydrogen-bond donors (Lipinski definition) is 1. The highest BCUT2D eigenvalue weighted by Crippen LogP contribution is 2.24. The van der Waals surface area contributed by atoms with E-state index in [2.05, 4.69) is 20.4 Å². The number of amides is 1. The Labute approximate surface area is 110 Å². The van der Waals surface area contributed by atoms with Gasteiger partial charge in [0.05, 0.1) is 6.04 Å². The molecule has 0 aliphatic carbocycles. The van der Waals surface area contributed by atoms with E-state index in [-0.39, 0.29) is 12.1 Å². The van der Waals surface area contributed by atoms with E-state index >= 15 is 0 Å². The zero-order chi connectivity index (χ0) is 13.3. The lowest BCUT2D eigenvalue weighted by atomic mass is 10.1. The largest absolute Gasteiger partial charge is 0.444 e. The molecule has 0 aromatic carbocycles. The summed E-state index contributed by atoms with van der Waals surface area (Å²) in [5, 5.41) is 12.7. The van der Waals surface area contributed by atoms with Gasteiger partial charge in [-0.3, -0.25) is 0 Å². The third-order valence-electron chi connectivity index (χ3n) is 2.39. The van der Waals surface area contributed by atoms with Crippen molar-refractivity contribution in [2.45, 2.75) is 39.3 Å². The number of rotatable bonds is 2. The van der Waals surface area contributed by atoms with Crippen LogP contribution in [-0.2, 0) is 4.74 Å². The van der Waals surface area contributed by atoms with Crippen LogP contribution in [0.15, 0.2) is 0 Å². The highest BCUT2D eigenvalue weighted by molar-refractivity contribution is 7.15. The van der Waals surface area contributed by atoms with Crippen LogP contribution in [-0.4, -0.2) is 41.0 Å². The normalized spacial score (nSPS) is 16.3. The maximum atomic E-state index is 11.5. The third kappa shape index (κ3) is 3.32. The first-order valence-electron chi connectivity index (χ1n) is 5.88. The second kappa shape index (κ2) is 4.72. The quantitative estimate of drug-likeness (QED) is 0.883. The maximum Gasteiger partial charge on any atom is 0.407 e. The Hall–Kier alpha value is -1.37. The number of hydrogen-bond acceptors (Lipinski definition) is 6. The number of anilines is 1. The fourth-order valence-corrected chi connectivity index (χ4v) is 2.32. The van der Waals surface area contributed by atoms with Gasteiger partial charge in [0.2, 0.25) is 5.13 Å². The highest BCUT2D eigenvalue weighted by atomic mass is 32.1. The summed E-state index contributed by atoms with van der Waals surface area (Å²) in [5.41, 5.74) is -0.455. The molecule has 1 aliphatic rings. The SMILES string of the molecule is Cc1nnc(N2CC(NC(=O)OC(C)(C)C)C2)s1. The zero-order valence-corrected chi connectivity index (χ0v) is 11.9. The molecule has 1 amide bonds. The van der Waals surface area contributed by atoms with Crippen molar-refractivity contribution in [2.75, 3.05) is 18.0 Å². The molecular formula is C11H18N4O2S. The van der Waals surface area contributed by atoms with Gasteiger partial charge in [-0.15, -0.1) is 10.2 Å². The molecule has 0 saturated carbocycles. The molecule has 1 aromatic rings. The summed E-state index contributed by atoms with van der Waals surface area (Å²) in [6, 6.07) is 0.129. The molecule has 0 bridgehead atoms. The molecule has 1 fully saturated rings. The van der Waals surface area contributed by atoms with Gasteiger partial charge in [0.1, 0.15) is 10.6 Å². The first-order chi connectivity index (χ1) is 8.33. The maximum absolute atomic E-state index is 11.5. The zero-order valence-electron chi connectivity index (χ0n) is 11.1. The molecule has 18 heavy (non-hydrogen) atoms. The van der Waals surface area contributed by atoms with Crippen molar-refractivity contribution in [3.05, 3.63) is 5.01 Å². The van der Waals surface area contributed by atoms with Crippen molar-refractivity contribution >= 4 is 22.6 Å². The molecule has 1 saturated heterocycles. The van der Waals surface area contributed by atoms with Crippen LogP contribution in [0.5, 0.6) is 0 Å². The average molecular weight is 270 g/mol. The van der Waals surface area contributed by atoms with E-state index in [1.165, 1.54) is 0 Å². The molecule has 2 heterocycles. The summed E-state index contributed by atoms with van der Waals surface area (Å²) in [6.45, 7) is 9.00. The topological polar surface area (TPSA) is 67.4 Å². The Morgan fingerprint density at radius 2 is 2.11 bits per heavy atom. The van der Waals surface area contributed by atoms with E-state index in [0.717, 1.165) is 23.2 Å². The van der Waals surface area contributed by atoms with Gasteiger partial charge >= 0.3 is 6.09 Å². The Morgan fingerprint density at radius 1 is 1.44 bits per heavy atom. The molecule has 1 N–H and O–H groups in total. The molecule has 0 radical (unpaired) electrons. The Bertz CT molecular complexity index is 434. The first kappa shape index (κ1) is 13.1. The summed E-state index contributed by atoms with van der Waals surface area (Å²) in [7, 11) is 0. The lowest BCUT2D eigenvalue weighted by Crippen LogP contribution is -2.60. The fraction of sp³-hybridized carbons (Fsp3) is 0.727. The Morgan fingerprint density at radius 3 is 2.61 bits per heavy atom. The lowest BCUT2D eigenvalue weighted by molar-refractivity contribution is 0.0496. The molecule has 100 valence electrons. The minimum atomic E-state index is -0.455. The number of nitrogens with zero attached hydrogens (tertiary/aromatic N) is 3. The molecule has 0 spiro atoms. The van der Waals surface area contributed by atoms with E-state index in [1.54, 1.807) is 11.3 Å². The molecule has 7 heteroatoms. The fourth-order valence-electron chi connectivity index (χ4n) is 1.61. The van der Waals surface area contributed by atoms with Gasteiger partial charge in [-0.05, 0) is 27.7 Å². The van der Waals surface area contributed by atoms with Crippen molar-refractivity contribution < 1.29 is 9.53 Å². The van der Waals surface area contributed by atoms with Gasteiger partial charge in [0.25, 0.3) is 0 Å². The smallest absolute Gasteiger partial charge is 0.407 e. The van der Waals surface area contributed by atoms with Crippen molar-refractivity contribution in [3.63, 3.8) is 0 Å². The van der Waals surface area contributed by atoms with Crippen molar-refractivity contribution in [1.82, 2.24) is 15.5 Å². The van der Waals surface area contributed by atoms with Gasteiger partial charge in [-0.25, -0.2) is 4.79 Å². The number of aromatic nitrogens is 2. The summed E-state index contributed by atoms with van der Waals surface area (Å²) >= 11 is 1.56. The number of carbonyl (C=O) groups excluding carboxylic acids is 1. The van der Waals surface area contributed by atoms with Gasteiger partial charge < -0.3 is 15.0 Å². The monoisotopic (exact) mass is 270 g/mol. The van der Waals surface area contributed by atoms with Crippen LogP contribution < -0.4 is 10.2 Å². The number of ether oxygens (including phenoxy) is 1. The summed E-state index contributed by atoms with van der Waals surface area (Å²) < 4.78 is 5.20. The van der Waals surface area contributed by atoms with Crippen molar-refractivity contribution in [3.8, 4) is 0 Å². The number of aryl methyl sites for hydroxylation is 1. The van der Waals surface area contributed by atoms with Crippen LogP contribution in [0.2, 0.25) is 0 Å². The van der Waals surface area contributed by atoms with Crippen LogP contribution in [0.3, 0.4) is 0 Å². The Kier molecular flexibility index (Phi) is 3.43. The van der Waals surface area contributed by atoms with Crippen LogP contribution in [0.1, 0.15) is 25.8 Å². The standard InChI is InChI=1S/C11H18N4O2S/c1-7-13-14-9(18-7)15-5-8(6-15)12-10(16)17-11(2,3)4/h8H,5-6H2,1-4H3,(H,12,16). The predicted octanol–water partition coefficient (Wildman–Crippen LogP) is 1.56. The first-order valence-corrected chi connectivity index (χ1v) is 6.70. The van der Waals surface area contributed by atoms with Crippen molar-refractivity contribution in [2.24, 2.45) is 0 Å². The number of nitrogens with one attached hydrogen (secondary N) is 1. The molecule has 6 nitrogen and oxygen atoms in total. The van der Waals surface area contributed by atoms with Gasteiger partial charge in [0.15, 0.2) is 0 Å². The molecule has 1 aromatic heterocycles. The Balaban J connectivity index is 1.75. The average Bonchev–Trinajstić information content (AvgIpc) is 2.54. The van der Waals surface area contributed by atoms with Crippen LogP contribution in [0.25, 0.3) is 0 Å². The molecule has 1 aliphatic heterocycles. The van der Waals surface area contributed by atoms with E-state index in [0.29, 0.717) is 0 Å². The van der Waals surface area contributed by atoms with E-state index in [1.807, 2.05) is 27.7 Å². The summed E-state index contributed by atoms with van der Waals surface area (Å²) in [4.78, 5) is 13.6. The summed E-state index contributed by atoms with van der Waals surface area (Å²) in [5.74, 6) is 0. The summed E-state index contributed by atoms with van der Waals surface area (Å²) in [6.07, 6.45) is -0.361. The van der Waals surface area contributed by atoms with E-state index in [4.69, 9.17) is 4.74 Å². The minimum Gasteiger partial charge on any atom is -0.444 e. The van der Waals surface area contributed by atoms with Gasteiger partial charge in [-0.1, -0.05) is 11.3 Å². The molecule has 0 unspecified atom stereocenters. The molecule has 0 atom stereocenters. The second-order valence-corrected chi connectivity index (χ2v) is 6.51. The number of alkyl carbamates (subject to hydrolysis) is 1. The van der Waals surface area contributed by atoms with Crippen LogP contribution in [0.4, 0.5) is 9.93 Å². The highest BCUT2D eigenvalue weighted by Gasteiger charge is 2.31. The van der Waals surface area contributed by atoms with Crippen LogP contribution >= 0.6 is 11.3 Å². The van der Waals surface area contributed by atoms with Crippen molar-refractivity contribution in [1.29, 1.82) is 0 Å². The molecular weight excluding hydrogens is 252 g/mol.